The van der Waals surface area contributed by atoms with E-state index in [4.69, 9.17) is 5.11 Å². The molecule has 0 saturated heterocycles. The van der Waals surface area contributed by atoms with Crippen LogP contribution >= 0.6 is 0 Å². The molecule has 0 aliphatic heterocycles. The smallest absolute Gasteiger partial charge is 0.316 e. The molecule has 1 heterocycles. The van der Waals surface area contributed by atoms with Crippen LogP contribution in [0.1, 0.15) is 18.5 Å². The fraction of sp³-hybridized carbons (Fsp3) is 0.375. The first-order valence-electron chi connectivity index (χ1n) is 3.81. The van der Waals surface area contributed by atoms with Gasteiger partial charge in [-0.2, -0.15) is 0 Å². The van der Waals surface area contributed by atoms with Crippen molar-refractivity contribution in [1.82, 2.24) is 5.16 Å². The van der Waals surface area contributed by atoms with E-state index in [-0.39, 0.29) is 18.6 Å². The molecule has 0 radical (unpaired) electrons. The first kappa shape index (κ1) is 7.97. The van der Waals surface area contributed by atoms with E-state index in [1.165, 1.54) is 12.3 Å². The molecule has 0 bridgehead atoms. The molecule has 1 aromatic rings. The van der Waals surface area contributed by atoms with E-state index in [1.54, 1.807) is 0 Å². The Morgan fingerprint density at radius 3 is 2.69 bits per heavy atom. The standard InChI is InChI=1S/C8H7NO4/c10-5-3-8(4-5,7(11)12)6-1-2-13-9-6/h1-2H,3-4H2,(H,11,12). The molecule has 1 aliphatic carbocycles. The molecule has 5 nitrogen and oxygen atoms in total. The summed E-state index contributed by atoms with van der Waals surface area (Å²) in [5.41, 5.74) is -0.788. The second kappa shape index (κ2) is 2.42. The Kier molecular flexibility index (Phi) is 1.48. The number of carbonyl (C=O) groups is 2. The van der Waals surface area contributed by atoms with Crippen LogP contribution in [0.2, 0.25) is 0 Å². The van der Waals surface area contributed by atoms with E-state index in [9.17, 15) is 9.59 Å². The average molecular weight is 181 g/mol. The second-order valence-electron chi connectivity index (χ2n) is 3.16. The maximum atomic E-state index is 10.9. The number of hydrogen-bond donors (Lipinski definition) is 1. The van der Waals surface area contributed by atoms with Gasteiger partial charge in [-0.05, 0) is 0 Å². The van der Waals surface area contributed by atoms with Crippen molar-refractivity contribution >= 4 is 11.8 Å². The van der Waals surface area contributed by atoms with Crippen LogP contribution in [0.3, 0.4) is 0 Å². The number of ketones is 1. The number of nitrogens with zero attached hydrogens (tertiary/aromatic N) is 1. The number of rotatable bonds is 2. The highest BCUT2D eigenvalue weighted by molar-refractivity contribution is 6.00. The quantitative estimate of drug-likeness (QED) is 0.712. The van der Waals surface area contributed by atoms with Crippen LogP contribution in [-0.2, 0) is 15.0 Å². The normalized spacial score (nSPS) is 19.5. The lowest BCUT2D eigenvalue weighted by molar-refractivity contribution is -0.153. The van der Waals surface area contributed by atoms with E-state index in [0.29, 0.717) is 5.69 Å². The predicted octanol–water partition coefficient (Wildman–Crippen LogP) is 0.360. The van der Waals surface area contributed by atoms with Gasteiger partial charge < -0.3 is 9.63 Å². The first-order chi connectivity index (χ1) is 6.15. The fourth-order valence-electron chi connectivity index (χ4n) is 1.52. The summed E-state index contributed by atoms with van der Waals surface area (Å²) < 4.78 is 4.56. The Morgan fingerprint density at radius 2 is 2.31 bits per heavy atom. The van der Waals surface area contributed by atoms with Gasteiger partial charge in [0, 0.05) is 18.9 Å². The number of carboxylic acid groups (broad SMARTS) is 1. The topological polar surface area (TPSA) is 80.4 Å². The zero-order valence-electron chi connectivity index (χ0n) is 6.69. The summed E-state index contributed by atoms with van der Waals surface area (Å²) in [6.07, 6.45) is 1.35. The SMILES string of the molecule is O=C1CC(C(=O)O)(c2ccon2)C1. The fourth-order valence-corrected chi connectivity index (χ4v) is 1.52. The lowest BCUT2D eigenvalue weighted by atomic mass is 9.66. The molecule has 68 valence electrons. The molecule has 5 heteroatoms. The molecular weight excluding hydrogens is 174 g/mol. The van der Waals surface area contributed by atoms with Gasteiger partial charge in [0.05, 0.1) is 0 Å². The minimum Gasteiger partial charge on any atom is -0.481 e. The Labute approximate surface area is 73.3 Å². The zero-order chi connectivity index (χ0) is 9.47. The van der Waals surface area contributed by atoms with Crippen LogP contribution in [0.5, 0.6) is 0 Å². The van der Waals surface area contributed by atoms with Crippen molar-refractivity contribution < 1.29 is 19.2 Å². The molecule has 1 saturated carbocycles. The third-order valence-electron chi connectivity index (χ3n) is 2.34. The van der Waals surface area contributed by atoms with E-state index in [0.717, 1.165) is 0 Å². The minimum absolute atomic E-state index is 0.0227. The summed E-state index contributed by atoms with van der Waals surface area (Å²) >= 11 is 0. The van der Waals surface area contributed by atoms with Gasteiger partial charge in [-0.1, -0.05) is 5.16 Å². The van der Waals surface area contributed by atoms with Crippen LogP contribution in [0, 0.1) is 0 Å². The van der Waals surface area contributed by atoms with Gasteiger partial charge >= 0.3 is 5.97 Å². The maximum absolute atomic E-state index is 10.9. The largest absolute Gasteiger partial charge is 0.481 e. The molecule has 0 amide bonds. The molecule has 2 rings (SSSR count). The highest BCUT2D eigenvalue weighted by Crippen LogP contribution is 2.40. The second-order valence-corrected chi connectivity index (χ2v) is 3.16. The molecule has 0 atom stereocenters. The highest BCUT2D eigenvalue weighted by atomic mass is 16.5. The highest BCUT2D eigenvalue weighted by Gasteiger charge is 2.53. The molecule has 13 heavy (non-hydrogen) atoms. The molecule has 1 aromatic heterocycles. The van der Waals surface area contributed by atoms with Crippen molar-refractivity contribution in [2.24, 2.45) is 0 Å². The van der Waals surface area contributed by atoms with E-state index >= 15 is 0 Å². The third-order valence-corrected chi connectivity index (χ3v) is 2.34. The third kappa shape index (κ3) is 0.965. The summed E-state index contributed by atoms with van der Waals surface area (Å²) in [7, 11) is 0. The van der Waals surface area contributed by atoms with Crippen LogP contribution in [0.15, 0.2) is 16.9 Å². The molecular formula is C8H7NO4. The average Bonchev–Trinajstić information content (AvgIpc) is 2.49. The molecule has 1 aliphatic rings. The monoisotopic (exact) mass is 181 g/mol. The number of aromatic nitrogens is 1. The molecule has 0 spiro atoms. The lowest BCUT2D eigenvalue weighted by Crippen LogP contribution is -2.48. The van der Waals surface area contributed by atoms with Gasteiger partial charge in [-0.15, -0.1) is 0 Å². The Morgan fingerprint density at radius 1 is 1.62 bits per heavy atom. The summed E-state index contributed by atoms with van der Waals surface area (Å²) in [6.45, 7) is 0. The zero-order valence-corrected chi connectivity index (χ0v) is 6.69. The summed E-state index contributed by atoms with van der Waals surface area (Å²) in [4.78, 5) is 21.7. The van der Waals surface area contributed by atoms with E-state index in [1.807, 2.05) is 0 Å². The summed E-state index contributed by atoms with van der Waals surface area (Å²) in [5.74, 6) is -1.06. The predicted molar refractivity (Wildman–Crippen MR) is 40.1 cm³/mol. The molecule has 0 aromatic carbocycles. The van der Waals surface area contributed by atoms with Crippen LogP contribution in [0.4, 0.5) is 0 Å². The maximum Gasteiger partial charge on any atom is 0.316 e. The van der Waals surface area contributed by atoms with Gasteiger partial charge in [-0.3, -0.25) is 9.59 Å². The number of Topliss-reactive ketones (excluding diaryl/α,β-unsaturated/α-hetero) is 1. The molecule has 1 N–H and O–H groups in total. The van der Waals surface area contributed by atoms with Crippen molar-refractivity contribution in [2.75, 3.05) is 0 Å². The Hall–Kier alpha value is -1.65. The summed E-state index contributed by atoms with van der Waals surface area (Å²) in [5, 5.41) is 12.5. The lowest BCUT2D eigenvalue weighted by Gasteiger charge is -2.33. The molecule has 0 unspecified atom stereocenters. The van der Waals surface area contributed by atoms with Crippen molar-refractivity contribution in [3.8, 4) is 0 Å². The van der Waals surface area contributed by atoms with Crippen LogP contribution in [-0.4, -0.2) is 22.0 Å². The van der Waals surface area contributed by atoms with Gasteiger partial charge in [0.2, 0.25) is 0 Å². The molecule has 1 fully saturated rings. The van der Waals surface area contributed by atoms with E-state index < -0.39 is 11.4 Å². The Bertz CT molecular complexity index is 346. The van der Waals surface area contributed by atoms with Gasteiger partial charge in [0.1, 0.15) is 23.2 Å². The first-order valence-corrected chi connectivity index (χ1v) is 3.81. The van der Waals surface area contributed by atoms with Gasteiger partial charge in [0.15, 0.2) is 0 Å². The van der Waals surface area contributed by atoms with Crippen LogP contribution in [0.25, 0.3) is 0 Å². The van der Waals surface area contributed by atoms with Crippen molar-refractivity contribution in [1.29, 1.82) is 0 Å². The van der Waals surface area contributed by atoms with Gasteiger partial charge in [-0.25, -0.2) is 0 Å². The summed E-state index contributed by atoms with van der Waals surface area (Å²) in [6, 6.07) is 1.49. The van der Waals surface area contributed by atoms with E-state index in [2.05, 4.69) is 9.68 Å². The number of hydrogen-bond acceptors (Lipinski definition) is 4. The Balaban J connectivity index is 2.37. The minimum atomic E-state index is -1.12. The van der Waals surface area contributed by atoms with Gasteiger partial charge in [0.25, 0.3) is 0 Å². The van der Waals surface area contributed by atoms with Crippen molar-refractivity contribution in [3.63, 3.8) is 0 Å². The number of aliphatic carboxylic acids is 1. The van der Waals surface area contributed by atoms with Crippen molar-refractivity contribution in [2.45, 2.75) is 18.3 Å². The number of carboxylic acids is 1. The number of carbonyl (C=O) groups excluding carboxylic acids is 1. The van der Waals surface area contributed by atoms with Crippen LogP contribution < -0.4 is 0 Å². The van der Waals surface area contributed by atoms with Crippen molar-refractivity contribution in [3.05, 3.63) is 18.0 Å².